The van der Waals surface area contributed by atoms with E-state index in [1.165, 1.54) is 0 Å². The number of piperidine rings is 1. The van der Waals surface area contributed by atoms with Gasteiger partial charge in [0.25, 0.3) is 0 Å². The standard InChI is InChI=1S/C16H22BrNO2/c1-16(2,3)20-15(19)18-10-4-5-13(11-18)12-6-8-14(17)9-7-12/h6-9,13H,4-5,10-11H2,1-3H3/i4D,5D,6D,7D,8D,9D,10D,11D,13D. The van der Waals surface area contributed by atoms with E-state index in [1.807, 2.05) is 0 Å². The highest BCUT2D eigenvalue weighted by Gasteiger charge is 2.28. The number of nitrogens with zero attached hydrogens (tertiary/aromatic N) is 1. The molecule has 1 aliphatic heterocycles. The molecule has 4 heteroatoms. The number of rotatable bonds is 1. The minimum Gasteiger partial charge on any atom is -0.444 e. The molecule has 1 aromatic rings. The van der Waals surface area contributed by atoms with Gasteiger partial charge in [0.05, 0.1) is 6.85 Å². The van der Waals surface area contributed by atoms with Gasteiger partial charge in [-0.1, -0.05) is 28.0 Å². The molecule has 110 valence electrons. The van der Waals surface area contributed by atoms with E-state index in [2.05, 4.69) is 15.9 Å². The summed E-state index contributed by atoms with van der Waals surface area (Å²) in [5.74, 6) is -2.51. The second-order valence-corrected chi connectivity index (χ2v) is 5.96. The monoisotopic (exact) mass is 348 g/mol. The van der Waals surface area contributed by atoms with E-state index >= 15 is 0 Å². The first-order valence-electron chi connectivity index (χ1n) is 10.8. The number of hydrogen-bond acceptors (Lipinski definition) is 2. The van der Waals surface area contributed by atoms with E-state index < -0.39 is 73.2 Å². The summed E-state index contributed by atoms with van der Waals surface area (Å²) < 4.78 is 79.4. The number of likely N-dealkylation sites (tertiary alicyclic amines) is 1. The molecule has 2 rings (SSSR count). The molecule has 1 amide bonds. The second kappa shape index (κ2) is 6.17. The topological polar surface area (TPSA) is 29.5 Å². The Balaban J connectivity index is 2.72. The molecule has 1 fully saturated rings. The van der Waals surface area contributed by atoms with Crippen LogP contribution in [0.3, 0.4) is 0 Å². The van der Waals surface area contributed by atoms with Crippen LogP contribution in [-0.4, -0.2) is 29.6 Å². The van der Waals surface area contributed by atoms with Gasteiger partial charge < -0.3 is 9.64 Å². The molecule has 1 saturated heterocycles. The molecule has 1 aliphatic rings. The maximum Gasteiger partial charge on any atom is 0.410 e. The van der Waals surface area contributed by atoms with Crippen molar-refractivity contribution in [2.75, 3.05) is 13.0 Å². The maximum atomic E-state index is 12.6. The van der Waals surface area contributed by atoms with Crippen LogP contribution in [0.2, 0.25) is 0 Å². The fraction of sp³-hybridized carbons (Fsp3) is 0.562. The van der Waals surface area contributed by atoms with Gasteiger partial charge in [0.15, 0.2) is 0 Å². The number of benzene rings is 1. The van der Waals surface area contributed by atoms with Gasteiger partial charge in [-0.25, -0.2) is 4.79 Å². The fourth-order valence-electron chi connectivity index (χ4n) is 1.49. The van der Waals surface area contributed by atoms with Gasteiger partial charge in [-0.05, 0) is 51.2 Å². The van der Waals surface area contributed by atoms with Crippen LogP contribution in [0.1, 0.15) is 57.4 Å². The Morgan fingerprint density at radius 2 is 2.15 bits per heavy atom. The second-order valence-electron chi connectivity index (χ2n) is 5.17. The van der Waals surface area contributed by atoms with Crippen LogP contribution in [0, 0.1) is 0 Å². The Kier molecular flexibility index (Phi) is 2.25. The normalized spacial score (nSPS) is 44.6. The number of halogens is 1. The Bertz CT molecular complexity index is 805. The largest absolute Gasteiger partial charge is 0.444 e. The molecular formula is C16H22BrNO2. The molecule has 1 heterocycles. The van der Waals surface area contributed by atoms with Gasteiger partial charge in [0, 0.05) is 28.9 Å². The lowest BCUT2D eigenvalue weighted by Crippen LogP contribution is -2.42. The molecular weight excluding hydrogens is 318 g/mol. The van der Waals surface area contributed by atoms with Gasteiger partial charge in [-0.15, -0.1) is 0 Å². The van der Waals surface area contributed by atoms with E-state index in [4.69, 9.17) is 17.1 Å². The van der Waals surface area contributed by atoms with Crippen molar-refractivity contribution in [2.45, 2.75) is 45.1 Å². The van der Waals surface area contributed by atoms with Crippen LogP contribution in [0.25, 0.3) is 0 Å². The summed E-state index contributed by atoms with van der Waals surface area (Å²) in [7, 11) is 0. The molecule has 0 bridgehead atoms. The molecule has 0 aromatic heterocycles. The molecule has 0 radical (unpaired) electrons. The third kappa shape index (κ3) is 4.23. The first-order chi connectivity index (χ1) is 13.1. The smallest absolute Gasteiger partial charge is 0.410 e. The molecule has 20 heavy (non-hydrogen) atoms. The van der Waals surface area contributed by atoms with E-state index in [1.54, 1.807) is 20.8 Å². The zero-order valence-corrected chi connectivity index (χ0v) is 13.0. The Hall–Kier alpha value is -1.03. The Morgan fingerprint density at radius 3 is 2.75 bits per heavy atom. The molecule has 1 aromatic carbocycles. The molecule has 3 nitrogen and oxygen atoms in total. The van der Waals surface area contributed by atoms with E-state index in [0.717, 1.165) is 0 Å². The van der Waals surface area contributed by atoms with Crippen molar-refractivity contribution in [3.05, 3.63) is 34.2 Å². The summed E-state index contributed by atoms with van der Waals surface area (Å²) in [4.78, 5) is 13.2. The molecule has 5 atom stereocenters. The molecule has 0 saturated carbocycles. The predicted molar refractivity (Wildman–Crippen MR) is 83.9 cm³/mol. The molecule has 0 spiro atoms. The highest BCUT2D eigenvalue weighted by atomic mass is 79.9. The Morgan fingerprint density at radius 1 is 1.50 bits per heavy atom. The van der Waals surface area contributed by atoms with Gasteiger partial charge >= 0.3 is 6.09 Å². The minimum atomic E-state index is -2.51. The lowest BCUT2D eigenvalue weighted by molar-refractivity contribution is 0.0198. The zero-order chi connectivity index (χ0) is 22.6. The summed E-state index contributed by atoms with van der Waals surface area (Å²) in [6.07, 6.45) is -4.56. The molecule has 0 N–H and O–H groups in total. The first kappa shape index (κ1) is 7.30. The fourth-order valence-corrected chi connectivity index (χ4v) is 1.69. The molecule has 0 aliphatic carbocycles. The Labute approximate surface area is 142 Å². The van der Waals surface area contributed by atoms with Crippen molar-refractivity contribution >= 4 is 22.0 Å². The third-order valence-electron chi connectivity index (χ3n) is 2.29. The highest BCUT2D eigenvalue weighted by Crippen LogP contribution is 2.28. The summed E-state index contributed by atoms with van der Waals surface area (Å²) >= 11 is 2.95. The van der Waals surface area contributed by atoms with Crippen molar-refractivity contribution < 1.29 is 21.9 Å². The molecule has 5 unspecified atom stereocenters. The number of amides is 1. The van der Waals surface area contributed by atoms with Crippen LogP contribution in [-0.2, 0) is 4.74 Å². The van der Waals surface area contributed by atoms with Crippen molar-refractivity contribution in [2.24, 2.45) is 0 Å². The zero-order valence-electron chi connectivity index (χ0n) is 20.5. The average Bonchev–Trinajstić information content (AvgIpc) is 2.60. The summed E-state index contributed by atoms with van der Waals surface area (Å²) in [6.45, 7) is 1.09. The van der Waals surface area contributed by atoms with Gasteiger partial charge in [-0.3, -0.25) is 0 Å². The van der Waals surface area contributed by atoms with Crippen molar-refractivity contribution in [3.8, 4) is 0 Å². The number of hydrogen-bond donors (Lipinski definition) is 0. The summed E-state index contributed by atoms with van der Waals surface area (Å²) in [6, 6.07) is -2.26. The first-order valence-corrected chi connectivity index (χ1v) is 6.83. The van der Waals surface area contributed by atoms with Crippen molar-refractivity contribution in [3.63, 3.8) is 0 Å². The maximum absolute atomic E-state index is 12.6. The van der Waals surface area contributed by atoms with Gasteiger partial charge in [0.1, 0.15) is 5.60 Å². The van der Waals surface area contributed by atoms with Gasteiger partial charge in [-0.2, -0.15) is 0 Å². The highest BCUT2D eigenvalue weighted by molar-refractivity contribution is 9.10. The lowest BCUT2D eigenvalue weighted by Gasteiger charge is -2.34. The lowest BCUT2D eigenvalue weighted by atomic mass is 9.91. The van der Waals surface area contributed by atoms with Crippen LogP contribution in [0.15, 0.2) is 28.6 Å². The van der Waals surface area contributed by atoms with Crippen LogP contribution < -0.4 is 0 Å². The van der Waals surface area contributed by atoms with Crippen LogP contribution in [0.4, 0.5) is 4.79 Å². The quantitative estimate of drug-likeness (QED) is 0.744. The SMILES string of the molecule is [2H]c1c([2H])c(C2([2H])C([2H])C([2H])C([2H])N(C(=O)OC(C)(C)C)C2[2H])c([2H])c([2H])c1Br. The van der Waals surface area contributed by atoms with Crippen molar-refractivity contribution in [1.29, 1.82) is 0 Å². The number of carbonyl (C=O) groups is 1. The third-order valence-corrected chi connectivity index (χ3v) is 2.68. The predicted octanol–water partition coefficient (Wildman–Crippen LogP) is 4.56. The van der Waals surface area contributed by atoms with Gasteiger partial charge in [0.2, 0.25) is 0 Å². The summed E-state index contributed by atoms with van der Waals surface area (Å²) in [5, 5.41) is 0. The average molecular weight is 349 g/mol. The van der Waals surface area contributed by atoms with Crippen LogP contribution >= 0.6 is 15.9 Å². The van der Waals surface area contributed by atoms with E-state index in [9.17, 15) is 4.79 Å². The van der Waals surface area contributed by atoms with E-state index in [0.29, 0.717) is 4.90 Å². The van der Waals surface area contributed by atoms with E-state index in [-0.39, 0.29) is 4.47 Å². The number of carbonyl (C=O) groups excluding carboxylic acids is 1. The summed E-state index contributed by atoms with van der Waals surface area (Å²) in [5.41, 5.74) is -1.54. The van der Waals surface area contributed by atoms with Crippen molar-refractivity contribution in [1.82, 2.24) is 4.90 Å². The minimum absolute atomic E-state index is 0.136. The number of ether oxygens (including phenoxy) is 1. The van der Waals surface area contributed by atoms with Crippen LogP contribution in [0.5, 0.6) is 0 Å².